The highest BCUT2D eigenvalue weighted by atomic mass is 79.9. The highest BCUT2D eigenvalue weighted by Gasteiger charge is 2.39. The molecule has 7 heteroatoms. The molecule has 2 aromatic heterocycles. The number of nitrogens with two attached hydrogens (primary N) is 1. The number of rotatable bonds is 1. The van der Waals surface area contributed by atoms with Crippen LogP contribution in [0.4, 0.5) is 11.8 Å². The Kier molecular flexibility index (Phi) is 2.69. The molecule has 2 bridgehead atoms. The van der Waals surface area contributed by atoms with Crippen LogP contribution in [-0.4, -0.2) is 35.1 Å². The lowest BCUT2D eigenvalue weighted by Crippen LogP contribution is -2.44. The lowest BCUT2D eigenvalue weighted by atomic mass is 10.2. The summed E-state index contributed by atoms with van der Waals surface area (Å²) < 4.78 is 3.45. The normalized spacial score (nSPS) is 24.0. The van der Waals surface area contributed by atoms with E-state index in [0.717, 1.165) is 39.0 Å². The summed E-state index contributed by atoms with van der Waals surface area (Å²) in [7, 11) is 0. The van der Waals surface area contributed by atoms with Gasteiger partial charge in [-0.1, -0.05) is 22.0 Å². The smallest absolute Gasteiger partial charge is 0.222 e. The fourth-order valence-corrected chi connectivity index (χ4v) is 5.33. The summed E-state index contributed by atoms with van der Waals surface area (Å²) in [4.78, 5) is 11.5. The van der Waals surface area contributed by atoms with Crippen molar-refractivity contribution >= 4 is 59.3 Å². The van der Waals surface area contributed by atoms with Crippen LogP contribution in [0.5, 0.6) is 0 Å². The Labute approximate surface area is 139 Å². The maximum Gasteiger partial charge on any atom is 0.222 e. The molecule has 2 aliphatic heterocycles. The Hall–Kier alpha value is -1.44. The van der Waals surface area contributed by atoms with Gasteiger partial charge in [0.15, 0.2) is 5.82 Å². The Morgan fingerprint density at radius 2 is 2.27 bits per heavy atom. The Morgan fingerprint density at radius 3 is 3.05 bits per heavy atom. The molecule has 5 nitrogen and oxygen atoms in total. The van der Waals surface area contributed by atoms with E-state index in [4.69, 9.17) is 5.73 Å². The molecule has 4 heterocycles. The van der Waals surface area contributed by atoms with E-state index in [-0.39, 0.29) is 0 Å². The number of nitrogens with zero attached hydrogens (tertiary/aromatic N) is 3. The largest absolute Gasteiger partial charge is 0.368 e. The molecule has 2 atom stereocenters. The standard InChI is InChI=1S/C15H14BrN5S/c16-7-1-2-10-11(3-7)22-13-12(10)19-15(17)20-14(13)21-6-8-4-9(21)5-18-8/h1-3,8-9,18H,4-6H2,(H2,17,19,20)/t8-,9-/m0/s1. The summed E-state index contributed by atoms with van der Waals surface area (Å²) in [5, 5.41) is 4.69. The summed E-state index contributed by atoms with van der Waals surface area (Å²) in [6.07, 6.45) is 1.20. The Morgan fingerprint density at radius 1 is 1.36 bits per heavy atom. The molecule has 1 aromatic carbocycles. The van der Waals surface area contributed by atoms with Crippen molar-refractivity contribution < 1.29 is 0 Å². The number of nitrogen functional groups attached to an aromatic ring is 1. The second-order valence-electron chi connectivity index (χ2n) is 5.97. The molecule has 2 aliphatic rings. The molecule has 0 aliphatic carbocycles. The number of fused-ring (bicyclic) bond motifs is 5. The van der Waals surface area contributed by atoms with E-state index < -0.39 is 0 Å². The molecule has 0 radical (unpaired) electrons. The predicted molar refractivity (Wildman–Crippen MR) is 94.6 cm³/mol. The minimum atomic E-state index is 0.362. The quantitative estimate of drug-likeness (QED) is 0.684. The topological polar surface area (TPSA) is 67.1 Å². The van der Waals surface area contributed by atoms with Gasteiger partial charge >= 0.3 is 0 Å². The summed E-state index contributed by atoms with van der Waals surface area (Å²) >= 11 is 5.30. The molecule has 0 saturated carbocycles. The van der Waals surface area contributed by atoms with Gasteiger partial charge in [-0.2, -0.15) is 4.98 Å². The van der Waals surface area contributed by atoms with Crippen molar-refractivity contribution in [2.45, 2.75) is 18.5 Å². The van der Waals surface area contributed by atoms with Gasteiger partial charge in [-0.3, -0.25) is 0 Å². The average Bonchev–Trinajstić information content (AvgIpc) is 3.19. The van der Waals surface area contributed by atoms with Crippen LogP contribution in [0.15, 0.2) is 22.7 Å². The van der Waals surface area contributed by atoms with Crippen molar-refractivity contribution in [3.8, 4) is 0 Å². The number of thiophene rings is 1. The molecule has 2 saturated heterocycles. The molecule has 0 unspecified atom stereocenters. The monoisotopic (exact) mass is 375 g/mol. The predicted octanol–water partition coefficient (Wildman–Crippen LogP) is 2.74. The van der Waals surface area contributed by atoms with Crippen LogP contribution in [0.25, 0.3) is 20.3 Å². The van der Waals surface area contributed by atoms with Gasteiger partial charge in [-0.15, -0.1) is 11.3 Å². The van der Waals surface area contributed by atoms with Crippen LogP contribution in [0.1, 0.15) is 6.42 Å². The fourth-order valence-electron chi connectivity index (χ4n) is 3.63. The summed E-state index contributed by atoms with van der Waals surface area (Å²) in [5.41, 5.74) is 6.98. The first kappa shape index (κ1) is 13.0. The molecule has 0 amide bonds. The Bertz CT molecular complexity index is 908. The molecule has 0 spiro atoms. The second kappa shape index (κ2) is 4.53. The third kappa shape index (κ3) is 1.79. The summed E-state index contributed by atoms with van der Waals surface area (Å²) in [6, 6.07) is 7.40. The maximum absolute atomic E-state index is 6.00. The molecule has 112 valence electrons. The Balaban J connectivity index is 1.78. The number of aromatic nitrogens is 2. The third-order valence-corrected chi connectivity index (χ3v) is 6.24. The molecule has 5 rings (SSSR count). The number of halogens is 1. The molecular formula is C15H14BrN5S. The van der Waals surface area contributed by atoms with Gasteiger partial charge in [-0.25, -0.2) is 4.98 Å². The van der Waals surface area contributed by atoms with Crippen molar-refractivity contribution in [3.05, 3.63) is 22.7 Å². The number of hydrogen-bond acceptors (Lipinski definition) is 6. The van der Waals surface area contributed by atoms with Gasteiger partial charge < -0.3 is 16.0 Å². The fraction of sp³-hybridized carbons (Fsp3) is 0.333. The van der Waals surface area contributed by atoms with Gasteiger partial charge in [0.1, 0.15) is 0 Å². The second-order valence-corrected chi connectivity index (χ2v) is 7.94. The first-order valence-electron chi connectivity index (χ1n) is 7.34. The number of benzene rings is 1. The first-order valence-corrected chi connectivity index (χ1v) is 8.95. The van der Waals surface area contributed by atoms with Crippen molar-refractivity contribution in [1.82, 2.24) is 15.3 Å². The zero-order valence-electron chi connectivity index (χ0n) is 11.7. The van der Waals surface area contributed by atoms with Crippen LogP contribution in [-0.2, 0) is 0 Å². The lowest BCUT2D eigenvalue weighted by molar-refractivity contribution is 0.578. The average molecular weight is 376 g/mol. The molecule has 2 fully saturated rings. The van der Waals surface area contributed by atoms with Gasteiger partial charge in [0.05, 0.1) is 10.2 Å². The van der Waals surface area contributed by atoms with Gasteiger partial charge in [-0.05, 0) is 18.6 Å². The molecule has 22 heavy (non-hydrogen) atoms. The number of hydrogen-bond donors (Lipinski definition) is 2. The minimum Gasteiger partial charge on any atom is -0.368 e. The van der Waals surface area contributed by atoms with E-state index in [9.17, 15) is 0 Å². The van der Waals surface area contributed by atoms with E-state index in [1.807, 2.05) is 6.07 Å². The molecule has 3 aromatic rings. The lowest BCUT2D eigenvalue weighted by Gasteiger charge is -2.28. The highest BCUT2D eigenvalue weighted by molar-refractivity contribution is 9.10. The van der Waals surface area contributed by atoms with Gasteiger partial charge in [0, 0.05) is 39.7 Å². The zero-order valence-corrected chi connectivity index (χ0v) is 14.1. The van der Waals surface area contributed by atoms with E-state index in [2.05, 4.69) is 48.2 Å². The van der Waals surface area contributed by atoms with Crippen molar-refractivity contribution in [2.75, 3.05) is 23.7 Å². The molecule has 3 N–H and O–H groups in total. The van der Waals surface area contributed by atoms with Crippen LogP contribution in [0, 0.1) is 0 Å². The third-order valence-electron chi connectivity index (χ3n) is 4.60. The van der Waals surface area contributed by atoms with E-state index >= 15 is 0 Å². The van der Waals surface area contributed by atoms with E-state index in [1.54, 1.807) is 11.3 Å². The SMILES string of the molecule is Nc1nc(N2C[C@@H]3C[C@H]2CN3)c2sc3cc(Br)ccc3c2n1. The number of nitrogens with one attached hydrogen (secondary N) is 1. The van der Waals surface area contributed by atoms with Gasteiger partial charge in [0.25, 0.3) is 0 Å². The van der Waals surface area contributed by atoms with Crippen LogP contribution in [0.3, 0.4) is 0 Å². The van der Waals surface area contributed by atoms with Crippen molar-refractivity contribution in [2.24, 2.45) is 0 Å². The first-order chi connectivity index (χ1) is 10.7. The number of piperazine rings is 1. The highest BCUT2D eigenvalue weighted by Crippen LogP contribution is 2.41. The summed E-state index contributed by atoms with van der Waals surface area (Å²) in [6.45, 7) is 2.04. The van der Waals surface area contributed by atoms with Crippen LogP contribution < -0.4 is 16.0 Å². The zero-order chi connectivity index (χ0) is 14.8. The van der Waals surface area contributed by atoms with Crippen LogP contribution in [0.2, 0.25) is 0 Å². The van der Waals surface area contributed by atoms with E-state index in [0.29, 0.717) is 18.0 Å². The maximum atomic E-state index is 6.00. The summed E-state index contributed by atoms with van der Waals surface area (Å²) in [5.74, 6) is 1.37. The van der Waals surface area contributed by atoms with Crippen LogP contribution >= 0.6 is 27.3 Å². The van der Waals surface area contributed by atoms with Gasteiger partial charge in [0.2, 0.25) is 5.95 Å². The van der Waals surface area contributed by atoms with Crippen molar-refractivity contribution in [1.29, 1.82) is 0 Å². The van der Waals surface area contributed by atoms with Crippen molar-refractivity contribution in [3.63, 3.8) is 0 Å². The number of anilines is 2. The minimum absolute atomic E-state index is 0.362. The molecular weight excluding hydrogens is 362 g/mol. The van der Waals surface area contributed by atoms with E-state index in [1.165, 1.54) is 11.1 Å².